The standard InChI is InChI=1S/C22H26Cl2O5S/c1-14(2)18-9-15(6-7-22(18)26)10-19-20(23)11-17(12-21(19)24)29-13-16(25)5-4-8-30(3,27)28/h6-7,9,11-12,14,26H,4-5,8,10,13H2,1-3H3. The normalized spacial score (nSPS) is 11.7. The molecule has 0 aliphatic rings. The van der Waals surface area contributed by atoms with Crippen molar-refractivity contribution in [2.45, 2.75) is 39.0 Å². The highest BCUT2D eigenvalue weighted by molar-refractivity contribution is 7.90. The summed E-state index contributed by atoms with van der Waals surface area (Å²) < 4.78 is 27.7. The predicted octanol–water partition coefficient (Wildman–Crippen LogP) is 5.19. The summed E-state index contributed by atoms with van der Waals surface area (Å²) >= 11 is 12.8. The number of phenolic OH excluding ortho intramolecular Hbond substituents is 1. The molecule has 0 aliphatic carbocycles. The van der Waals surface area contributed by atoms with Crippen LogP contribution >= 0.6 is 23.2 Å². The second kappa shape index (κ2) is 10.5. The van der Waals surface area contributed by atoms with Gasteiger partial charge in [-0.25, -0.2) is 8.42 Å². The van der Waals surface area contributed by atoms with E-state index in [-0.39, 0.29) is 42.7 Å². The third-order valence-corrected chi connectivity index (χ3v) is 6.28. The third-order valence-electron chi connectivity index (χ3n) is 4.58. The number of sulfone groups is 1. The quantitative estimate of drug-likeness (QED) is 0.514. The van der Waals surface area contributed by atoms with Crippen molar-refractivity contribution >= 4 is 38.8 Å². The fraction of sp³-hybridized carbons (Fsp3) is 0.409. The Morgan fingerprint density at radius 3 is 2.33 bits per heavy atom. The first-order valence-electron chi connectivity index (χ1n) is 9.58. The molecule has 164 valence electrons. The van der Waals surface area contributed by atoms with Crippen LogP contribution in [0.15, 0.2) is 30.3 Å². The molecule has 0 saturated carbocycles. The first-order valence-corrected chi connectivity index (χ1v) is 12.4. The van der Waals surface area contributed by atoms with Crippen molar-refractivity contribution in [2.75, 3.05) is 18.6 Å². The number of carbonyl (C=O) groups is 1. The van der Waals surface area contributed by atoms with E-state index in [0.29, 0.717) is 22.2 Å². The van der Waals surface area contributed by atoms with Crippen LogP contribution in [-0.2, 0) is 21.1 Å². The number of hydrogen-bond donors (Lipinski definition) is 1. The van der Waals surface area contributed by atoms with Crippen molar-refractivity contribution < 1.29 is 23.1 Å². The summed E-state index contributed by atoms with van der Waals surface area (Å²) in [7, 11) is -3.08. The Morgan fingerprint density at radius 2 is 1.77 bits per heavy atom. The van der Waals surface area contributed by atoms with Gasteiger partial charge in [0, 0.05) is 29.1 Å². The minimum absolute atomic E-state index is 0.0269. The van der Waals surface area contributed by atoms with E-state index in [1.165, 1.54) is 0 Å². The average Bonchev–Trinajstić information content (AvgIpc) is 2.63. The molecule has 30 heavy (non-hydrogen) atoms. The van der Waals surface area contributed by atoms with E-state index in [4.69, 9.17) is 27.9 Å². The average molecular weight is 473 g/mol. The van der Waals surface area contributed by atoms with Gasteiger partial charge in [-0.1, -0.05) is 49.2 Å². The summed E-state index contributed by atoms with van der Waals surface area (Å²) in [5.74, 6) is 0.595. The van der Waals surface area contributed by atoms with Gasteiger partial charge in [0.1, 0.15) is 27.9 Å². The predicted molar refractivity (Wildman–Crippen MR) is 121 cm³/mol. The molecule has 0 saturated heterocycles. The van der Waals surface area contributed by atoms with Gasteiger partial charge in [-0.15, -0.1) is 0 Å². The van der Waals surface area contributed by atoms with Gasteiger partial charge >= 0.3 is 0 Å². The van der Waals surface area contributed by atoms with Crippen LogP contribution in [0.25, 0.3) is 0 Å². The summed E-state index contributed by atoms with van der Waals surface area (Å²) in [5.41, 5.74) is 2.55. The van der Waals surface area contributed by atoms with E-state index in [1.807, 2.05) is 26.0 Å². The second-order valence-corrected chi connectivity index (χ2v) is 10.7. The fourth-order valence-electron chi connectivity index (χ4n) is 2.98. The molecule has 0 atom stereocenters. The Hall–Kier alpha value is -1.76. The number of Topliss-reactive ketones (excluding diaryl/α,β-unsaturated/α-hetero) is 1. The monoisotopic (exact) mass is 472 g/mol. The highest BCUT2D eigenvalue weighted by Crippen LogP contribution is 2.34. The van der Waals surface area contributed by atoms with Crippen molar-refractivity contribution in [1.29, 1.82) is 0 Å². The number of phenols is 1. The zero-order valence-corrected chi connectivity index (χ0v) is 19.6. The fourth-order valence-corrected chi connectivity index (χ4v) is 4.25. The highest BCUT2D eigenvalue weighted by Gasteiger charge is 2.14. The van der Waals surface area contributed by atoms with Crippen LogP contribution in [0.2, 0.25) is 10.0 Å². The molecule has 5 nitrogen and oxygen atoms in total. The maximum atomic E-state index is 11.9. The molecule has 0 heterocycles. The molecule has 0 spiro atoms. The maximum Gasteiger partial charge on any atom is 0.170 e. The van der Waals surface area contributed by atoms with Crippen molar-refractivity contribution in [3.05, 3.63) is 57.1 Å². The van der Waals surface area contributed by atoms with Crippen LogP contribution in [0.1, 0.15) is 49.3 Å². The van der Waals surface area contributed by atoms with Crippen molar-refractivity contribution in [3.63, 3.8) is 0 Å². The van der Waals surface area contributed by atoms with E-state index >= 15 is 0 Å². The Labute approximate surface area is 187 Å². The molecule has 2 rings (SSSR count). The molecule has 0 fully saturated rings. The van der Waals surface area contributed by atoms with Crippen LogP contribution < -0.4 is 4.74 Å². The van der Waals surface area contributed by atoms with Crippen LogP contribution in [0, 0.1) is 0 Å². The lowest BCUT2D eigenvalue weighted by molar-refractivity contribution is -0.121. The molecule has 2 aromatic carbocycles. The molecule has 2 aromatic rings. The lowest BCUT2D eigenvalue weighted by Gasteiger charge is -2.14. The molecular weight excluding hydrogens is 447 g/mol. The number of ether oxygens (including phenoxy) is 1. The van der Waals surface area contributed by atoms with Crippen molar-refractivity contribution in [1.82, 2.24) is 0 Å². The van der Waals surface area contributed by atoms with E-state index in [0.717, 1.165) is 22.9 Å². The minimum Gasteiger partial charge on any atom is -0.508 e. The molecular formula is C22H26Cl2O5S. The Morgan fingerprint density at radius 1 is 1.13 bits per heavy atom. The zero-order chi connectivity index (χ0) is 22.5. The smallest absolute Gasteiger partial charge is 0.170 e. The largest absolute Gasteiger partial charge is 0.508 e. The third kappa shape index (κ3) is 7.49. The lowest BCUT2D eigenvalue weighted by Crippen LogP contribution is -2.13. The summed E-state index contributed by atoms with van der Waals surface area (Å²) in [4.78, 5) is 11.9. The molecule has 0 amide bonds. The van der Waals surface area contributed by atoms with E-state index in [2.05, 4.69) is 0 Å². The SMILES string of the molecule is CC(C)c1cc(Cc2c(Cl)cc(OCC(=O)CCCS(C)(=O)=O)cc2Cl)ccc1O. The second-order valence-electron chi connectivity index (χ2n) is 7.65. The van der Waals surface area contributed by atoms with Gasteiger partial charge in [0.15, 0.2) is 5.78 Å². The van der Waals surface area contributed by atoms with E-state index in [1.54, 1.807) is 18.2 Å². The number of hydrogen-bond acceptors (Lipinski definition) is 5. The number of rotatable bonds is 10. The van der Waals surface area contributed by atoms with E-state index in [9.17, 15) is 18.3 Å². The summed E-state index contributed by atoms with van der Waals surface area (Å²) in [6.45, 7) is 3.84. The molecule has 8 heteroatoms. The van der Waals surface area contributed by atoms with Crippen LogP contribution in [0.5, 0.6) is 11.5 Å². The first kappa shape index (κ1) is 24.5. The highest BCUT2D eigenvalue weighted by atomic mass is 35.5. The summed E-state index contributed by atoms with van der Waals surface area (Å²) in [6, 6.07) is 8.64. The molecule has 0 aromatic heterocycles. The lowest BCUT2D eigenvalue weighted by atomic mass is 9.96. The summed E-state index contributed by atoms with van der Waals surface area (Å²) in [5, 5.41) is 10.8. The van der Waals surface area contributed by atoms with E-state index < -0.39 is 9.84 Å². The van der Waals surface area contributed by atoms with Crippen LogP contribution in [-0.4, -0.2) is 37.9 Å². The van der Waals surface area contributed by atoms with Gasteiger partial charge in [-0.05, 0) is 47.2 Å². The molecule has 0 bridgehead atoms. The number of aromatic hydroxyl groups is 1. The van der Waals surface area contributed by atoms with Crippen LogP contribution in [0.4, 0.5) is 0 Å². The van der Waals surface area contributed by atoms with Gasteiger partial charge in [0.05, 0.1) is 5.75 Å². The van der Waals surface area contributed by atoms with Crippen molar-refractivity contribution in [2.24, 2.45) is 0 Å². The zero-order valence-electron chi connectivity index (χ0n) is 17.2. The molecule has 1 N–H and O–H groups in total. The minimum atomic E-state index is -3.08. The van der Waals surface area contributed by atoms with Gasteiger partial charge < -0.3 is 9.84 Å². The molecule has 0 radical (unpaired) electrons. The Bertz CT molecular complexity index is 993. The number of ketones is 1. The number of benzene rings is 2. The van der Waals surface area contributed by atoms with Gasteiger partial charge in [-0.3, -0.25) is 4.79 Å². The van der Waals surface area contributed by atoms with Gasteiger partial charge in [0.2, 0.25) is 0 Å². The number of halogens is 2. The summed E-state index contributed by atoms with van der Waals surface area (Å²) in [6.07, 6.45) is 2.03. The van der Waals surface area contributed by atoms with Gasteiger partial charge in [-0.2, -0.15) is 0 Å². The molecule has 0 unspecified atom stereocenters. The van der Waals surface area contributed by atoms with Crippen molar-refractivity contribution in [3.8, 4) is 11.5 Å². The molecule has 0 aliphatic heterocycles. The maximum absolute atomic E-state index is 11.9. The number of carbonyl (C=O) groups excluding carboxylic acids is 1. The van der Waals surface area contributed by atoms with Crippen LogP contribution in [0.3, 0.4) is 0 Å². The topological polar surface area (TPSA) is 80.7 Å². The Kier molecular flexibility index (Phi) is 8.59. The first-order chi connectivity index (χ1) is 14.0. The van der Waals surface area contributed by atoms with Gasteiger partial charge in [0.25, 0.3) is 0 Å². The Balaban J connectivity index is 2.03.